The Labute approximate surface area is 167 Å². The first-order valence-corrected chi connectivity index (χ1v) is 9.67. The molecule has 1 aliphatic heterocycles. The van der Waals surface area contributed by atoms with Crippen LogP contribution in [0, 0.1) is 13.8 Å². The third kappa shape index (κ3) is 3.78. The van der Waals surface area contributed by atoms with Crippen LogP contribution in [0.1, 0.15) is 44.9 Å². The molecule has 0 atom stereocenters. The zero-order valence-electron chi connectivity index (χ0n) is 16.4. The molecule has 0 saturated carbocycles. The van der Waals surface area contributed by atoms with E-state index in [-0.39, 0.29) is 29.1 Å². The minimum Gasteiger partial charge on any atom is -0.349 e. The van der Waals surface area contributed by atoms with Crippen molar-refractivity contribution in [2.75, 3.05) is 13.1 Å². The summed E-state index contributed by atoms with van der Waals surface area (Å²) in [5.74, 6) is -0.280. The number of hydrogen-bond donors (Lipinski definition) is 2. The molecule has 0 spiro atoms. The molecule has 8 nitrogen and oxygen atoms in total. The highest BCUT2D eigenvalue weighted by molar-refractivity contribution is 5.96. The van der Waals surface area contributed by atoms with Crippen molar-refractivity contribution in [3.8, 4) is 0 Å². The topological polar surface area (TPSA) is 99.6 Å². The molecule has 0 radical (unpaired) electrons. The summed E-state index contributed by atoms with van der Waals surface area (Å²) >= 11 is 0. The number of nitrogens with one attached hydrogen (secondary N) is 2. The van der Waals surface area contributed by atoms with Crippen LogP contribution in [0.4, 0.5) is 0 Å². The maximum atomic E-state index is 12.8. The number of benzene rings is 1. The molecule has 1 saturated heterocycles. The van der Waals surface area contributed by atoms with Gasteiger partial charge < -0.3 is 15.2 Å². The molecule has 2 aromatic heterocycles. The average Bonchev–Trinajstić information content (AvgIpc) is 3.12. The van der Waals surface area contributed by atoms with E-state index >= 15 is 0 Å². The lowest BCUT2D eigenvalue weighted by Gasteiger charge is -2.32. The Morgan fingerprint density at radius 3 is 2.62 bits per heavy atom. The van der Waals surface area contributed by atoms with Gasteiger partial charge in [-0.1, -0.05) is 18.2 Å². The number of carbonyl (C=O) groups is 2. The van der Waals surface area contributed by atoms with E-state index in [1.54, 1.807) is 18.0 Å². The molecule has 0 unspecified atom stereocenters. The van der Waals surface area contributed by atoms with E-state index in [9.17, 15) is 14.4 Å². The van der Waals surface area contributed by atoms with Crippen molar-refractivity contribution in [2.24, 2.45) is 0 Å². The van der Waals surface area contributed by atoms with E-state index in [4.69, 9.17) is 0 Å². The molecular weight excluding hydrogens is 370 g/mol. The molecule has 1 aliphatic rings. The summed E-state index contributed by atoms with van der Waals surface area (Å²) in [6, 6.07) is 9.04. The number of hydrogen-bond acceptors (Lipinski definition) is 4. The Morgan fingerprint density at radius 2 is 1.90 bits per heavy atom. The summed E-state index contributed by atoms with van der Waals surface area (Å²) in [6.45, 7) is 4.74. The van der Waals surface area contributed by atoms with Crippen LogP contribution in [-0.2, 0) is 0 Å². The molecule has 2 amide bonds. The number of carbonyl (C=O) groups excluding carboxylic acids is 2. The first kappa shape index (κ1) is 18.9. The van der Waals surface area contributed by atoms with Crippen LogP contribution >= 0.6 is 0 Å². The fourth-order valence-electron chi connectivity index (χ4n) is 3.71. The van der Waals surface area contributed by atoms with Crippen molar-refractivity contribution in [2.45, 2.75) is 32.7 Å². The maximum absolute atomic E-state index is 12.8. The molecule has 29 heavy (non-hydrogen) atoms. The van der Waals surface area contributed by atoms with Crippen LogP contribution in [0.25, 0.3) is 5.52 Å². The Balaban J connectivity index is 1.40. The highest BCUT2D eigenvalue weighted by Crippen LogP contribution is 2.15. The molecule has 3 heterocycles. The molecule has 1 fully saturated rings. The van der Waals surface area contributed by atoms with Crippen LogP contribution in [0.2, 0.25) is 0 Å². The normalized spacial score (nSPS) is 14.9. The minimum absolute atomic E-state index is 0.0257. The predicted molar refractivity (Wildman–Crippen MR) is 108 cm³/mol. The number of likely N-dealkylation sites (tertiary alicyclic amines) is 1. The zero-order chi connectivity index (χ0) is 20.5. The van der Waals surface area contributed by atoms with Gasteiger partial charge in [-0.2, -0.15) is 5.10 Å². The monoisotopic (exact) mass is 393 g/mol. The second-order valence-corrected chi connectivity index (χ2v) is 7.48. The van der Waals surface area contributed by atoms with E-state index < -0.39 is 0 Å². The van der Waals surface area contributed by atoms with Gasteiger partial charge in [0.1, 0.15) is 5.52 Å². The third-order valence-corrected chi connectivity index (χ3v) is 5.32. The van der Waals surface area contributed by atoms with Gasteiger partial charge in [0.2, 0.25) is 0 Å². The molecule has 1 aromatic carbocycles. The Morgan fingerprint density at radius 1 is 1.17 bits per heavy atom. The van der Waals surface area contributed by atoms with E-state index in [0.29, 0.717) is 42.7 Å². The number of H-pyrrole nitrogens is 1. The van der Waals surface area contributed by atoms with Gasteiger partial charge in [0, 0.05) is 42.7 Å². The molecule has 0 bridgehead atoms. The average molecular weight is 393 g/mol. The number of rotatable bonds is 3. The van der Waals surface area contributed by atoms with Gasteiger partial charge in [0.05, 0.1) is 0 Å². The molecule has 8 heteroatoms. The first-order valence-electron chi connectivity index (χ1n) is 9.67. The maximum Gasteiger partial charge on any atom is 0.274 e. The van der Waals surface area contributed by atoms with E-state index in [1.807, 2.05) is 31.2 Å². The summed E-state index contributed by atoms with van der Waals surface area (Å²) < 4.78 is 1.44. The summed E-state index contributed by atoms with van der Waals surface area (Å²) in [5.41, 5.74) is 2.62. The van der Waals surface area contributed by atoms with Gasteiger partial charge in [-0.25, -0.2) is 4.52 Å². The highest BCUT2D eigenvalue weighted by atomic mass is 16.2. The SMILES string of the molecule is Cc1cn2nc(C(=O)N3CCC(NC(=O)c4ccccc4C)CC3)cc2c(=O)[nH]1. The largest absolute Gasteiger partial charge is 0.349 e. The highest BCUT2D eigenvalue weighted by Gasteiger charge is 2.26. The van der Waals surface area contributed by atoms with E-state index in [1.165, 1.54) is 10.6 Å². The van der Waals surface area contributed by atoms with Crippen LogP contribution in [0.5, 0.6) is 0 Å². The fraction of sp³-hybridized carbons (Fsp3) is 0.333. The number of piperidine rings is 1. The Kier molecular flexibility index (Phi) is 4.92. The summed E-state index contributed by atoms with van der Waals surface area (Å²) in [4.78, 5) is 41.7. The van der Waals surface area contributed by atoms with E-state index in [0.717, 1.165) is 5.56 Å². The Hall–Kier alpha value is -3.42. The number of fused-ring (bicyclic) bond motifs is 1. The molecule has 150 valence electrons. The van der Waals surface area contributed by atoms with Crippen LogP contribution in [0.3, 0.4) is 0 Å². The summed E-state index contributed by atoms with van der Waals surface area (Å²) in [7, 11) is 0. The van der Waals surface area contributed by atoms with Crippen molar-refractivity contribution in [3.05, 3.63) is 69.4 Å². The van der Waals surface area contributed by atoms with Gasteiger partial charge in [0.25, 0.3) is 17.4 Å². The number of nitrogens with zero attached hydrogens (tertiary/aromatic N) is 3. The summed E-state index contributed by atoms with van der Waals surface area (Å²) in [5, 5.41) is 7.33. The molecule has 0 aliphatic carbocycles. The van der Waals surface area contributed by atoms with Crippen LogP contribution in [0.15, 0.2) is 41.3 Å². The second-order valence-electron chi connectivity index (χ2n) is 7.48. The van der Waals surface area contributed by atoms with E-state index in [2.05, 4.69) is 15.4 Å². The smallest absolute Gasteiger partial charge is 0.274 e. The van der Waals surface area contributed by atoms with Crippen LogP contribution < -0.4 is 10.9 Å². The van der Waals surface area contributed by atoms with Crippen molar-refractivity contribution in [1.29, 1.82) is 0 Å². The first-order chi connectivity index (χ1) is 13.9. The van der Waals surface area contributed by atoms with Crippen LogP contribution in [-0.4, -0.2) is 50.4 Å². The quantitative estimate of drug-likeness (QED) is 0.707. The van der Waals surface area contributed by atoms with Crippen molar-refractivity contribution in [3.63, 3.8) is 0 Å². The van der Waals surface area contributed by atoms with Crippen molar-refractivity contribution < 1.29 is 9.59 Å². The number of aryl methyl sites for hydroxylation is 2. The molecular formula is C21H23N5O3. The molecule has 3 aromatic rings. The van der Waals surface area contributed by atoms with Crippen molar-refractivity contribution >= 4 is 17.3 Å². The lowest BCUT2D eigenvalue weighted by atomic mass is 10.0. The fourth-order valence-corrected chi connectivity index (χ4v) is 3.71. The lowest BCUT2D eigenvalue weighted by Crippen LogP contribution is -2.46. The standard InChI is InChI=1S/C21H23N5O3/c1-13-5-3-4-6-16(13)19(27)23-15-7-9-25(10-8-15)21(29)17-11-18-20(28)22-14(2)12-26(18)24-17/h3-6,11-12,15H,7-10H2,1-2H3,(H,22,28)(H,23,27). The third-order valence-electron chi connectivity index (χ3n) is 5.32. The second kappa shape index (κ2) is 7.54. The number of amides is 2. The zero-order valence-corrected chi connectivity index (χ0v) is 16.4. The molecule has 2 N–H and O–H groups in total. The number of aromatic nitrogens is 3. The predicted octanol–water partition coefficient (Wildman–Crippen LogP) is 1.67. The number of aromatic amines is 1. The minimum atomic E-state index is -0.269. The summed E-state index contributed by atoms with van der Waals surface area (Å²) in [6.07, 6.45) is 3.04. The Bertz CT molecular complexity index is 1140. The van der Waals surface area contributed by atoms with Crippen molar-refractivity contribution in [1.82, 2.24) is 24.8 Å². The van der Waals surface area contributed by atoms with Gasteiger partial charge in [0.15, 0.2) is 5.69 Å². The van der Waals surface area contributed by atoms with Gasteiger partial charge >= 0.3 is 0 Å². The van der Waals surface area contributed by atoms with Gasteiger partial charge in [-0.15, -0.1) is 0 Å². The van der Waals surface area contributed by atoms with Gasteiger partial charge in [-0.3, -0.25) is 14.4 Å². The van der Waals surface area contributed by atoms with Gasteiger partial charge in [-0.05, 0) is 38.3 Å². The molecule has 4 rings (SSSR count). The lowest BCUT2D eigenvalue weighted by molar-refractivity contribution is 0.0692.